The number of hydrogen-bond donors (Lipinski definition) is 1. The molecule has 1 N–H and O–H groups in total. The Bertz CT molecular complexity index is 765. The van der Waals surface area contributed by atoms with Crippen molar-refractivity contribution in [3.05, 3.63) is 53.7 Å². The van der Waals surface area contributed by atoms with Gasteiger partial charge >= 0.3 is 0 Å². The molecule has 0 aliphatic heterocycles. The second-order valence-electron chi connectivity index (χ2n) is 4.91. The predicted molar refractivity (Wildman–Crippen MR) is 77.9 cm³/mol. The lowest BCUT2D eigenvalue weighted by Gasteiger charge is -2.15. The summed E-state index contributed by atoms with van der Waals surface area (Å²) in [5.41, 5.74) is 0.741. The van der Waals surface area contributed by atoms with Crippen molar-refractivity contribution >= 4 is 10.8 Å². The third kappa shape index (κ3) is 2.73. The largest absolute Gasteiger partial charge is 0.483 e. The molecule has 5 heteroatoms. The molecule has 0 bridgehead atoms. The van der Waals surface area contributed by atoms with Crippen LogP contribution in [0.4, 0.5) is 0 Å². The highest BCUT2D eigenvalue weighted by Gasteiger charge is 2.14. The summed E-state index contributed by atoms with van der Waals surface area (Å²) in [6.07, 6.45) is -0.617. The highest BCUT2D eigenvalue weighted by Crippen LogP contribution is 2.34. The van der Waals surface area contributed by atoms with E-state index in [1.54, 1.807) is 13.8 Å². The van der Waals surface area contributed by atoms with E-state index in [0.29, 0.717) is 17.5 Å². The summed E-state index contributed by atoms with van der Waals surface area (Å²) in [5, 5.41) is 15.7. The Morgan fingerprint density at radius 3 is 2.76 bits per heavy atom. The normalized spacial score (nSPS) is 12.5. The summed E-state index contributed by atoms with van der Waals surface area (Å²) in [6, 6.07) is 11.7. The van der Waals surface area contributed by atoms with Crippen molar-refractivity contribution < 1.29 is 14.4 Å². The van der Waals surface area contributed by atoms with Gasteiger partial charge < -0.3 is 14.4 Å². The van der Waals surface area contributed by atoms with Gasteiger partial charge in [-0.3, -0.25) is 0 Å². The number of rotatable bonds is 4. The van der Waals surface area contributed by atoms with Crippen molar-refractivity contribution in [3.8, 4) is 5.75 Å². The number of hydrogen-bond acceptors (Lipinski definition) is 5. The smallest absolute Gasteiger partial charge is 0.264 e. The van der Waals surface area contributed by atoms with E-state index in [0.717, 1.165) is 16.3 Å². The summed E-state index contributed by atoms with van der Waals surface area (Å²) >= 11 is 0. The van der Waals surface area contributed by atoms with Crippen LogP contribution < -0.4 is 4.74 Å². The molecule has 2 aromatic carbocycles. The third-order valence-electron chi connectivity index (χ3n) is 3.27. The van der Waals surface area contributed by atoms with Crippen LogP contribution in [-0.2, 0) is 6.61 Å². The van der Waals surface area contributed by atoms with Gasteiger partial charge in [0.15, 0.2) is 12.4 Å². The lowest BCUT2D eigenvalue weighted by Crippen LogP contribution is -2.02. The van der Waals surface area contributed by atoms with Crippen LogP contribution in [0.15, 0.2) is 40.9 Å². The number of fused-ring (bicyclic) bond motifs is 1. The molecule has 0 aliphatic carbocycles. The van der Waals surface area contributed by atoms with E-state index in [1.807, 2.05) is 36.4 Å². The Morgan fingerprint density at radius 2 is 2.05 bits per heavy atom. The van der Waals surface area contributed by atoms with Gasteiger partial charge in [-0.05, 0) is 19.2 Å². The summed E-state index contributed by atoms with van der Waals surface area (Å²) in [5.74, 6) is 1.64. The predicted octanol–water partition coefficient (Wildman–Crippen LogP) is 3.16. The minimum absolute atomic E-state index is 0.175. The minimum atomic E-state index is -0.617. The SMILES string of the molecule is Cc1noc(COc2c(C(C)O)ccc3ccccc23)n1. The Morgan fingerprint density at radius 1 is 1.24 bits per heavy atom. The topological polar surface area (TPSA) is 68.4 Å². The average molecular weight is 284 g/mol. The molecule has 1 atom stereocenters. The summed E-state index contributed by atoms with van der Waals surface area (Å²) in [7, 11) is 0. The molecule has 0 saturated heterocycles. The molecule has 0 radical (unpaired) electrons. The molecule has 0 spiro atoms. The first-order valence-corrected chi connectivity index (χ1v) is 6.77. The molecule has 0 amide bonds. The van der Waals surface area contributed by atoms with E-state index in [4.69, 9.17) is 9.26 Å². The third-order valence-corrected chi connectivity index (χ3v) is 3.27. The fourth-order valence-electron chi connectivity index (χ4n) is 2.28. The summed E-state index contributed by atoms with van der Waals surface area (Å²) < 4.78 is 10.9. The van der Waals surface area contributed by atoms with Gasteiger partial charge in [0, 0.05) is 10.9 Å². The molecule has 3 aromatic rings. The molecule has 0 aliphatic rings. The van der Waals surface area contributed by atoms with Gasteiger partial charge in [0.25, 0.3) is 5.89 Å². The highest BCUT2D eigenvalue weighted by molar-refractivity contribution is 5.89. The molecule has 0 saturated carbocycles. The standard InChI is InChI=1S/C16H16N2O3/c1-10(19)13-8-7-12-5-3-4-6-14(12)16(13)20-9-15-17-11(2)18-21-15/h3-8,10,19H,9H2,1-2H3. The first kappa shape index (κ1) is 13.6. The van der Waals surface area contributed by atoms with Crippen LogP contribution in [0.1, 0.15) is 30.3 Å². The Kier molecular flexibility index (Phi) is 3.58. The molecule has 108 valence electrons. The Hall–Kier alpha value is -2.40. The first-order valence-electron chi connectivity index (χ1n) is 6.77. The lowest BCUT2D eigenvalue weighted by molar-refractivity contribution is 0.186. The maximum atomic E-state index is 9.93. The number of ether oxygens (including phenoxy) is 1. The van der Waals surface area contributed by atoms with Crippen molar-refractivity contribution in [3.63, 3.8) is 0 Å². The maximum absolute atomic E-state index is 9.93. The van der Waals surface area contributed by atoms with Crippen molar-refractivity contribution in [2.45, 2.75) is 26.6 Å². The number of nitrogens with zero attached hydrogens (tertiary/aromatic N) is 2. The van der Waals surface area contributed by atoms with Crippen molar-refractivity contribution in [1.82, 2.24) is 10.1 Å². The Labute approximate surface area is 122 Å². The molecule has 21 heavy (non-hydrogen) atoms. The van der Waals surface area contributed by atoms with E-state index in [-0.39, 0.29) is 6.61 Å². The highest BCUT2D eigenvalue weighted by atomic mass is 16.5. The van der Waals surface area contributed by atoms with E-state index >= 15 is 0 Å². The van der Waals surface area contributed by atoms with E-state index in [2.05, 4.69) is 10.1 Å². The second-order valence-corrected chi connectivity index (χ2v) is 4.91. The maximum Gasteiger partial charge on any atom is 0.264 e. The van der Waals surface area contributed by atoms with Crippen molar-refractivity contribution in [2.24, 2.45) is 0 Å². The van der Waals surface area contributed by atoms with Gasteiger partial charge in [-0.2, -0.15) is 4.98 Å². The van der Waals surface area contributed by atoms with E-state index in [9.17, 15) is 5.11 Å². The molecular weight excluding hydrogens is 268 g/mol. The first-order chi connectivity index (χ1) is 10.1. The fourth-order valence-corrected chi connectivity index (χ4v) is 2.28. The molecule has 0 fully saturated rings. The van der Waals surface area contributed by atoms with Gasteiger partial charge in [0.05, 0.1) is 6.10 Å². The van der Waals surface area contributed by atoms with E-state index < -0.39 is 6.10 Å². The minimum Gasteiger partial charge on any atom is -0.483 e. The second kappa shape index (κ2) is 5.54. The molecule has 1 heterocycles. The molecule has 5 nitrogen and oxygen atoms in total. The van der Waals surface area contributed by atoms with Gasteiger partial charge in [-0.1, -0.05) is 41.6 Å². The lowest BCUT2D eigenvalue weighted by atomic mass is 10.0. The van der Waals surface area contributed by atoms with Crippen LogP contribution in [0.3, 0.4) is 0 Å². The van der Waals surface area contributed by atoms with Crippen LogP contribution in [0, 0.1) is 6.92 Å². The summed E-state index contributed by atoms with van der Waals surface area (Å²) in [6.45, 7) is 3.65. The van der Waals surface area contributed by atoms with E-state index in [1.165, 1.54) is 0 Å². The monoisotopic (exact) mass is 284 g/mol. The van der Waals surface area contributed by atoms with Crippen LogP contribution in [0.2, 0.25) is 0 Å². The number of aliphatic hydroxyl groups is 1. The van der Waals surface area contributed by atoms with Crippen LogP contribution in [0.25, 0.3) is 10.8 Å². The van der Waals surface area contributed by atoms with Crippen molar-refractivity contribution in [1.29, 1.82) is 0 Å². The number of aromatic nitrogens is 2. The van der Waals surface area contributed by atoms with Crippen LogP contribution in [-0.4, -0.2) is 15.2 Å². The van der Waals surface area contributed by atoms with Gasteiger partial charge in [-0.15, -0.1) is 0 Å². The molecule has 1 aromatic heterocycles. The van der Waals surface area contributed by atoms with Gasteiger partial charge in [-0.25, -0.2) is 0 Å². The fraction of sp³-hybridized carbons (Fsp3) is 0.250. The quantitative estimate of drug-likeness (QED) is 0.797. The van der Waals surface area contributed by atoms with Gasteiger partial charge in [0.2, 0.25) is 0 Å². The zero-order chi connectivity index (χ0) is 14.8. The summed E-state index contributed by atoms with van der Waals surface area (Å²) in [4.78, 5) is 4.12. The zero-order valence-corrected chi connectivity index (χ0v) is 11.9. The van der Waals surface area contributed by atoms with Crippen molar-refractivity contribution in [2.75, 3.05) is 0 Å². The zero-order valence-electron chi connectivity index (χ0n) is 11.9. The average Bonchev–Trinajstić information content (AvgIpc) is 2.90. The number of aryl methyl sites for hydroxylation is 1. The van der Waals surface area contributed by atoms with Gasteiger partial charge in [0.1, 0.15) is 5.75 Å². The Balaban J connectivity index is 1.99. The molecule has 3 rings (SSSR count). The molecule has 1 unspecified atom stereocenters. The van der Waals surface area contributed by atoms with Crippen LogP contribution >= 0.6 is 0 Å². The number of aliphatic hydroxyl groups excluding tert-OH is 1. The molecular formula is C16H16N2O3. The van der Waals surface area contributed by atoms with Crippen LogP contribution in [0.5, 0.6) is 5.75 Å². The number of benzene rings is 2.